The molecule has 1 aliphatic carbocycles. The number of rotatable bonds is 2. The Morgan fingerprint density at radius 1 is 1.26 bits per heavy atom. The molecule has 2 amide bonds. The molecule has 0 aromatic carbocycles. The molecule has 108 valence electrons. The Hall–Kier alpha value is -1.26. The van der Waals surface area contributed by atoms with Crippen molar-refractivity contribution < 1.29 is 14.7 Å². The molecule has 2 aliphatic rings. The van der Waals surface area contributed by atoms with Crippen LogP contribution in [0.4, 0.5) is 4.79 Å². The first-order valence-corrected chi connectivity index (χ1v) is 7.24. The van der Waals surface area contributed by atoms with Gasteiger partial charge in [-0.05, 0) is 33.1 Å². The molecule has 2 unspecified atom stereocenters. The summed E-state index contributed by atoms with van der Waals surface area (Å²) in [6.07, 6.45) is 6.15. The lowest BCUT2D eigenvalue weighted by Crippen LogP contribution is -2.53. The maximum Gasteiger partial charge on any atom is 0.318 e. The average Bonchev–Trinajstić information content (AvgIpc) is 2.71. The minimum Gasteiger partial charge on any atom is -0.481 e. The van der Waals surface area contributed by atoms with Gasteiger partial charge in [0, 0.05) is 18.1 Å². The quantitative estimate of drug-likeness (QED) is 0.806. The molecule has 1 saturated heterocycles. The van der Waals surface area contributed by atoms with Gasteiger partial charge in [-0.2, -0.15) is 0 Å². The van der Waals surface area contributed by atoms with Crippen molar-refractivity contribution in [3.63, 3.8) is 0 Å². The molecule has 2 N–H and O–H groups in total. The summed E-state index contributed by atoms with van der Waals surface area (Å²) in [6.45, 7) is 4.47. The fourth-order valence-corrected chi connectivity index (χ4v) is 3.34. The van der Waals surface area contributed by atoms with E-state index in [-0.39, 0.29) is 17.6 Å². The first kappa shape index (κ1) is 14.2. The van der Waals surface area contributed by atoms with Gasteiger partial charge in [0.15, 0.2) is 0 Å². The Balaban J connectivity index is 1.95. The third kappa shape index (κ3) is 3.01. The Bertz CT molecular complexity index is 364. The van der Waals surface area contributed by atoms with E-state index < -0.39 is 11.9 Å². The Kier molecular flexibility index (Phi) is 4.02. The molecule has 5 heteroatoms. The third-order valence-corrected chi connectivity index (χ3v) is 4.70. The van der Waals surface area contributed by atoms with Crippen LogP contribution in [0, 0.1) is 5.92 Å². The average molecular weight is 268 g/mol. The van der Waals surface area contributed by atoms with E-state index in [4.69, 9.17) is 5.11 Å². The highest BCUT2D eigenvalue weighted by Crippen LogP contribution is 2.29. The smallest absolute Gasteiger partial charge is 0.318 e. The topological polar surface area (TPSA) is 69.6 Å². The summed E-state index contributed by atoms with van der Waals surface area (Å²) in [6, 6.07) is -0.314. The Morgan fingerprint density at radius 3 is 2.42 bits per heavy atom. The zero-order chi connectivity index (χ0) is 14.0. The second kappa shape index (κ2) is 5.39. The number of nitrogens with one attached hydrogen (secondary N) is 1. The van der Waals surface area contributed by atoms with Gasteiger partial charge >= 0.3 is 12.0 Å². The Labute approximate surface area is 114 Å². The van der Waals surface area contributed by atoms with Gasteiger partial charge in [-0.25, -0.2) is 4.79 Å². The van der Waals surface area contributed by atoms with E-state index in [1.165, 1.54) is 6.42 Å². The molecule has 1 saturated carbocycles. The molecule has 0 radical (unpaired) electrons. The fraction of sp³-hybridized carbons (Fsp3) is 0.857. The highest BCUT2D eigenvalue weighted by atomic mass is 16.4. The first-order valence-electron chi connectivity index (χ1n) is 7.24. The maximum absolute atomic E-state index is 12.3. The van der Waals surface area contributed by atoms with Crippen LogP contribution in [-0.4, -0.2) is 40.1 Å². The van der Waals surface area contributed by atoms with E-state index in [1.54, 1.807) is 4.90 Å². The maximum atomic E-state index is 12.3. The standard InChI is InChI=1S/C14H24N2O3/c1-10-11(12(17)18)6-9-16(10)13(19)15-14(2)7-4-3-5-8-14/h10-11H,3-9H2,1-2H3,(H,15,19)(H,17,18). The lowest BCUT2D eigenvalue weighted by Gasteiger charge is -2.37. The predicted octanol–water partition coefficient (Wildman–Crippen LogP) is 2.21. The van der Waals surface area contributed by atoms with Crippen molar-refractivity contribution in [2.24, 2.45) is 5.92 Å². The first-order chi connectivity index (χ1) is 8.93. The number of carboxylic acids is 1. The molecular weight excluding hydrogens is 244 g/mol. The van der Waals surface area contributed by atoms with Crippen molar-refractivity contribution in [1.29, 1.82) is 0 Å². The number of likely N-dealkylation sites (tertiary alicyclic amines) is 1. The van der Waals surface area contributed by atoms with Crippen LogP contribution in [0.5, 0.6) is 0 Å². The zero-order valence-corrected chi connectivity index (χ0v) is 11.8. The summed E-state index contributed by atoms with van der Waals surface area (Å²) in [7, 11) is 0. The molecule has 0 spiro atoms. The van der Waals surface area contributed by atoms with Crippen LogP contribution < -0.4 is 5.32 Å². The summed E-state index contributed by atoms with van der Waals surface area (Å²) < 4.78 is 0. The molecule has 0 aromatic rings. The Morgan fingerprint density at radius 2 is 1.89 bits per heavy atom. The van der Waals surface area contributed by atoms with Gasteiger partial charge in [0.1, 0.15) is 0 Å². The van der Waals surface area contributed by atoms with Gasteiger partial charge < -0.3 is 15.3 Å². The van der Waals surface area contributed by atoms with Crippen LogP contribution in [0.25, 0.3) is 0 Å². The van der Waals surface area contributed by atoms with E-state index >= 15 is 0 Å². The van der Waals surface area contributed by atoms with E-state index in [2.05, 4.69) is 12.2 Å². The molecule has 0 aromatic heterocycles. The molecule has 5 nitrogen and oxygen atoms in total. The van der Waals surface area contributed by atoms with Crippen LogP contribution in [0.1, 0.15) is 52.4 Å². The number of amides is 2. The largest absolute Gasteiger partial charge is 0.481 e. The monoisotopic (exact) mass is 268 g/mol. The number of hydrogen-bond donors (Lipinski definition) is 2. The third-order valence-electron chi connectivity index (χ3n) is 4.70. The van der Waals surface area contributed by atoms with E-state index in [0.717, 1.165) is 25.7 Å². The second-order valence-electron chi connectivity index (χ2n) is 6.22. The van der Waals surface area contributed by atoms with Crippen LogP contribution in [0.2, 0.25) is 0 Å². The number of urea groups is 1. The van der Waals surface area contributed by atoms with E-state index in [9.17, 15) is 9.59 Å². The molecular formula is C14H24N2O3. The summed E-state index contributed by atoms with van der Waals surface area (Å²) in [5, 5.41) is 12.2. The number of carbonyl (C=O) groups is 2. The normalized spacial score (nSPS) is 30.1. The number of carbonyl (C=O) groups excluding carboxylic acids is 1. The molecule has 2 atom stereocenters. The van der Waals surface area contributed by atoms with Crippen molar-refractivity contribution in [2.45, 2.75) is 64.0 Å². The van der Waals surface area contributed by atoms with Gasteiger partial charge in [-0.3, -0.25) is 4.79 Å². The molecule has 0 bridgehead atoms. The molecule has 2 fully saturated rings. The molecule has 1 heterocycles. The van der Waals surface area contributed by atoms with Crippen molar-refractivity contribution in [2.75, 3.05) is 6.54 Å². The van der Waals surface area contributed by atoms with Crippen molar-refractivity contribution in [3.05, 3.63) is 0 Å². The number of nitrogens with zero attached hydrogens (tertiary/aromatic N) is 1. The van der Waals surface area contributed by atoms with Crippen molar-refractivity contribution in [1.82, 2.24) is 10.2 Å². The summed E-state index contributed by atoms with van der Waals surface area (Å²) in [5.41, 5.74) is -0.115. The van der Waals surface area contributed by atoms with E-state index in [0.29, 0.717) is 13.0 Å². The van der Waals surface area contributed by atoms with Crippen LogP contribution in [-0.2, 0) is 4.79 Å². The van der Waals surface area contributed by atoms with Gasteiger partial charge in [-0.1, -0.05) is 19.3 Å². The van der Waals surface area contributed by atoms with E-state index in [1.807, 2.05) is 6.92 Å². The lowest BCUT2D eigenvalue weighted by molar-refractivity contribution is -0.142. The minimum absolute atomic E-state index is 0.0966. The summed E-state index contributed by atoms with van der Waals surface area (Å²) >= 11 is 0. The second-order valence-corrected chi connectivity index (χ2v) is 6.22. The zero-order valence-electron chi connectivity index (χ0n) is 11.8. The van der Waals surface area contributed by atoms with Gasteiger partial charge in [0.05, 0.1) is 5.92 Å². The molecule has 2 rings (SSSR count). The van der Waals surface area contributed by atoms with Crippen molar-refractivity contribution >= 4 is 12.0 Å². The highest BCUT2D eigenvalue weighted by Gasteiger charge is 2.40. The van der Waals surface area contributed by atoms with Crippen LogP contribution >= 0.6 is 0 Å². The number of aliphatic carboxylic acids is 1. The fourth-order valence-electron chi connectivity index (χ4n) is 3.34. The predicted molar refractivity (Wildman–Crippen MR) is 71.9 cm³/mol. The SMILES string of the molecule is CC1C(C(=O)O)CCN1C(=O)NC1(C)CCCCC1. The summed E-state index contributed by atoms with van der Waals surface area (Å²) in [4.78, 5) is 25.1. The van der Waals surface area contributed by atoms with Crippen LogP contribution in [0.3, 0.4) is 0 Å². The van der Waals surface area contributed by atoms with Crippen molar-refractivity contribution in [3.8, 4) is 0 Å². The van der Waals surface area contributed by atoms with Gasteiger partial charge in [-0.15, -0.1) is 0 Å². The lowest BCUT2D eigenvalue weighted by atomic mass is 9.83. The van der Waals surface area contributed by atoms with Crippen LogP contribution in [0.15, 0.2) is 0 Å². The van der Waals surface area contributed by atoms with Gasteiger partial charge in [0.2, 0.25) is 0 Å². The van der Waals surface area contributed by atoms with Gasteiger partial charge in [0.25, 0.3) is 0 Å². The summed E-state index contributed by atoms with van der Waals surface area (Å²) in [5.74, 6) is -1.23. The highest BCUT2D eigenvalue weighted by molar-refractivity contribution is 5.78. The molecule has 19 heavy (non-hydrogen) atoms. The minimum atomic E-state index is -0.799. The number of hydrogen-bond acceptors (Lipinski definition) is 2. The number of carboxylic acid groups (broad SMARTS) is 1. The molecule has 1 aliphatic heterocycles.